The van der Waals surface area contributed by atoms with Crippen LogP contribution in [0.1, 0.15) is 18.4 Å². The quantitative estimate of drug-likeness (QED) is 0.838. The number of halogens is 2. The Balaban J connectivity index is 3.04. The number of benzene rings is 1. The number of carbonyl (C=O) groups is 1. The van der Waals surface area contributed by atoms with E-state index in [1.54, 1.807) is 0 Å². The first kappa shape index (κ1) is 11.9. The molecule has 0 aromatic heterocycles. The Morgan fingerprint density at radius 1 is 1.53 bits per heavy atom. The Morgan fingerprint density at radius 2 is 2.13 bits per heavy atom. The van der Waals surface area contributed by atoms with Gasteiger partial charge in [0, 0.05) is 10.9 Å². The second kappa shape index (κ2) is 4.59. The van der Waals surface area contributed by atoms with Gasteiger partial charge in [-0.05, 0) is 23.8 Å². The van der Waals surface area contributed by atoms with E-state index in [1.165, 1.54) is 19.1 Å². The number of hydrogen-bond acceptors (Lipinski definition) is 2. The van der Waals surface area contributed by atoms with Gasteiger partial charge < -0.3 is 10.2 Å². The number of carboxylic acids is 1. The van der Waals surface area contributed by atoms with Gasteiger partial charge in [0.1, 0.15) is 5.82 Å². The maximum atomic E-state index is 12.9. The van der Waals surface area contributed by atoms with Crippen molar-refractivity contribution in [1.82, 2.24) is 0 Å². The summed E-state index contributed by atoms with van der Waals surface area (Å²) in [5.41, 5.74) is 0.284. The first-order valence-corrected chi connectivity index (χ1v) is 4.67. The highest BCUT2D eigenvalue weighted by Crippen LogP contribution is 2.27. The summed E-state index contributed by atoms with van der Waals surface area (Å²) in [4.78, 5) is 10.5. The van der Waals surface area contributed by atoms with Crippen molar-refractivity contribution in [3.05, 3.63) is 34.6 Å². The summed E-state index contributed by atoms with van der Waals surface area (Å²) in [5.74, 6) is -2.63. The number of aliphatic hydroxyl groups excluding tert-OH is 1. The first-order chi connectivity index (χ1) is 6.93. The van der Waals surface area contributed by atoms with Crippen LogP contribution in [0.2, 0.25) is 5.02 Å². The van der Waals surface area contributed by atoms with Crippen molar-refractivity contribution >= 4 is 17.6 Å². The van der Waals surface area contributed by atoms with Gasteiger partial charge in [-0.3, -0.25) is 0 Å². The second-order valence-corrected chi connectivity index (χ2v) is 3.64. The molecule has 0 saturated heterocycles. The third kappa shape index (κ3) is 2.67. The molecule has 0 saturated carbocycles. The predicted octanol–water partition coefficient (Wildman–Crippen LogP) is 2.03. The molecule has 0 radical (unpaired) electrons. The third-order valence-electron chi connectivity index (χ3n) is 2.18. The fourth-order valence-electron chi connectivity index (χ4n) is 1.25. The van der Waals surface area contributed by atoms with E-state index >= 15 is 0 Å². The van der Waals surface area contributed by atoms with Crippen molar-refractivity contribution in [3.8, 4) is 0 Å². The van der Waals surface area contributed by atoms with E-state index in [2.05, 4.69) is 0 Å². The fourth-order valence-corrected chi connectivity index (χ4v) is 1.54. The van der Waals surface area contributed by atoms with Gasteiger partial charge in [0.05, 0.1) is 0 Å². The van der Waals surface area contributed by atoms with E-state index < -0.39 is 23.8 Å². The van der Waals surface area contributed by atoms with E-state index in [4.69, 9.17) is 16.7 Å². The van der Waals surface area contributed by atoms with Gasteiger partial charge in [-0.15, -0.1) is 0 Å². The normalized spacial score (nSPS) is 14.7. The molecule has 1 aromatic carbocycles. The van der Waals surface area contributed by atoms with Crippen molar-refractivity contribution in [1.29, 1.82) is 0 Å². The zero-order chi connectivity index (χ0) is 11.6. The van der Waals surface area contributed by atoms with Crippen LogP contribution in [-0.4, -0.2) is 22.3 Å². The summed E-state index contributed by atoms with van der Waals surface area (Å²) < 4.78 is 12.9. The molecule has 15 heavy (non-hydrogen) atoms. The lowest BCUT2D eigenvalue weighted by Gasteiger charge is -2.16. The van der Waals surface area contributed by atoms with Crippen LogP contribution in [0, 0.1) is 5.82 Å². The second-order valence-electron chi connectivity index (χ2n) is 3.24. The van der Waals surface area contributed by atoms with E-state index in [1.807, 2.05) is 0 Å². The average molecular weight is 233 g/mol. The maximum Gasteiger partial charge on any atom is 0.333 e. The van der Waals surface area contributed by atoms with Crippen molar-refractivity contribution in [3.63, 3.8) is 0 Å². The Bertz CT molecular complexity index is 381. The number of rotatable bonds is 3. The van der Waals surface area contributed by atoms with E-state index in [-0.39, 0.29) is 10.6 Å². The van der Waals surface area contributed by atoms with Crippen LogP contribution in [0.5, 0.6) is 0 Å². The van der Waals surface area contributed by atoms with E-state index in [0.717, 1.165) is 6.07 Å². The summed E-state index contributed by atoms with van der Waals surface area (Å²) >= 11 is 5.77. The summed E-state index contributed by atoms with van der Waals surface area (Å²) in [6.07, 6.45) is -1.59. The first-order valence-electron chi connectivity index (χ1n) is 4.29. The lowest BCUT2D eigenvalue weighted by atomic mass is 9.95. The Morgan fingerprint density at radius 3 is 2.67 bits per heavy atom. The van der Waals surface area contributed by atoms with Crippen LogP contribution in [0.3, 0.4) is 0 Å². The molecule has 2 unspecified atom stereocenters. The van der Waals surface area contributed by atoms with Crippen molar-refractivity contribution < 1.29 is 19.4 Å². The molecule has 2 N–H and O–H groups in total. The fraction of sp³-hybridized carbons (Fsp3) is 0.300. The van der Waals surface area contributed by atoms with Gasteiger partial charge in [-0.2, -0.15) is 0 Å². The van der Waals surface area contributed by atoms with Crippen LogP contribution < -0.4 is 0 Å². The van der Waals surface area contributed by atoms with Gasteiger partial charge in [-0.1, -0.05) is 18.5 Å². The van der Waals surface area contributed by atoms with Gasteiger partial charge in [-0.25, -0.2) is 9.18 Å². The van der Waals surface area contributed by atoms with E-state index in [0.29, 0.717) is 0 Å². The minimum Gasteiger partial charge on any atom is -0.479 e. The SMILES string of the molecule is CC(c1cc(F)ccc1Cl)C(O)C(=O)O. The van der Waals surface area contributed by atoms with Crippen molar-refractivity contribution in [2.45, 2.75) is 18.9 Å². The van der Waals surface area contributed by atoms with Crippen LogP contribution in [0.15, 0.2) is 18.2 Å². The molecule has 0 fully saturated rings. The Kier molecular flexibility index (Phi) is 3.66. The van der Waals surface area contributed by atoms with Crippen LogP contribution >= 0.6 is 11.6 Å². The predicted molar refractivity (Wildman–Crippen MR) is 53.5 cm³/mol. The van der Waals surface area contributed by atoms with Crippen LogP contribution in [-0.2, 0) is 4.79 Å². The molecule has 1 aromatic rings. The average Bonchev–Trinajstić information content (AvgIpc) is 2.19. The third-order valence-corrected chi connectivity index (χ3v) is 2.52. The van der Waals surface area contributed by atoms with Crippen molar-refractivity contribution in [2.24, 2.45) is 0 Å². The zero-order valence-electron chi connectivity index (χ0n) is 7.95. The van der Waals surface area contributed by atoms with Crippen LogP contribution in [0.25, 0.3) is 0 Å². The van der Waals surface area contributed by atoms with Gasteiger partial charge in [0.15, 0.2) is 6.10 Å². The molecule has 1 rings (SSSR count). The lowest BCUT2D eigenvalue weighted by molar-refractivity contribution is -0.147. The summed E-state index contributed by atoms with van der Waals surface area (Å²) in [6.45, 7) is 1.47. The molecule has 5 heteroatoms. The van der Waals surface area contributed by atoms with Gasteiger partial charge >= 0.3 is 5.97 Å². The van der Waals surface area contributed by atoms with E-state index in [9.17, 15) is 14.3 Å². The molecule has 0 bridgehead atoms. The summed E-state index contributed by atoms with van der Waals surface area (Å²) in [5, 5.41) is 18.1. The summed E-state index contributed by atoms with van der Waals surface area (Å²) in [6, 6.07) is 3.63. The number of aliphatic hydroxyl groups is 1. The molecule has 0 heterocycles. The van der Waals surface area contributed by atoms with Crippen LogP contribution in [0.4, 0.5) is 4.39 Å². The molecule has 0 spiro atoms. The number of hydrogen-bond donors (Lipinski definition) is 2. The highest BCUT2D eigenvalue weighted by atomic mass is 35.5. The highest BCUT2D eigenvalue weighted by Gasteiger charge is 2.24. The number of aliphatic carboxylic acids is 1. The van der Waals surface area contributed by atoms with Gasteiger partial charge in [0.25, 0.3) is 0 Å². The molecule has 3 nitrogen and oxygen atoms in total. The Hall–Kier alpha value is -1.13. The molecule has 0 aliphatic carbocycles. The molecule has 0 amide bonds. The standard InChI is InChI=1S/C10H10ClFO3/c1-5(9(13)10(14)15)7-4-6(12)2-3-8(7)11/h2-5,9,13H,1H3,(H,14,15). The largest absolute Gasteiger partial charge is 0.479 e. The smallest absolute Gasteiger partial charge is 0.333 e. The molecular weight excluding hydrogens is 223 g/mol. The minimum absolute atomic E-state index is 0.240. The summed E-state index contributed by atoms with van der Waals surface area (Å²) in [7, 11) is 0. The molecule has 0 aliphatic heterocycles. The molecule has 82 valence electrons. The monoisotopic (exact) mass is 232 g/mol. The minimum atomic E-state index is -1.59. The molecule has 0 aliphatic rings. The van der Waals surface area contributed by atoms with Crippen molar-refractivity contribution in [2.75, 3.05) is 0 Å². The highest BCUT2D eigenvalue weighted by molar-refractivity contribution is 6.31. The zero-order valence-corrected chi connectivity index (χ0v) is 8.70. The Labute approximate surface area is 91.1 Å². The number of carboxylic acid groups (broad SMARTS) is 1. The molecule has 2 atom stereocenters. The van der Waals surface area contributed by atoms with Gasteiger partial charge in [0.2, 0.25) is 0 Å². The molecular formula is C10H10ClFO3. The maximum absolute atomic E-state index is 12.9. The lowest BCUT2D eigenvalue weighted by Crippen LogP contribution is -2.26. The topological polar surface area (TPSA) is 57.5 Å².